The number of rotatable bonds is 7. The van der Waals surface area contributed by atoms with Gasteiger partial charge in [0.25, 0.3) is 0 Å². The molecule has 1 aliphatic carbocycles. The lowest BCUT2D eigenvalue weighted by Crippen LogP contribution is -2.80. The molecule has 30 heavy (non-hydrogen) atoms. The van der Waals surface area contributed by atoms with E-state index in [9.17, 15) is 14.7 Å². The Bertz CT molecular complexity index is 856. The van der Waals surface area contributed by atoms with E-state index in [1.807, 2.05) is 36.4 Å². The summed E-state index contributed by atoms with van der Waals surface area (Å²) in [5.74, 6) is -0.523. The first-order chi connectivity index (χ1) is 14.4. The third kappa shape index (κ3) is 2.88. The number of hydrogen-bond donors (Lipinski definition) is 1. The van der Waals surface area contributed by atoms with E-state index in [0.717, 1.165) is 24.8 Å². The molecule has 5 atom stereocenters. The quantitative estimate of drug-likeness (QED) is 0.406. The van der Waals surface area contributed by atoms with Crippen LogP contribution in [0.5, 0.6) is 5.75 Å². The number of alkyl halides is 1. The smallest absolute Gasteiger partial charge is 0.339 e. The molecule has 4 rings (SSSR count). The Kier molecular flexibility index (Phi) is 5.58. The molecule has 0 unspecified atom stereocenters. The van der Waals surface area contributed by atoms with Crippen LogP contribution < -0.4 is 4.74 Å². The average Bonchev–Trinajstić information content (AvgIpc) is 2.90. The van der Waals surface area contributed by atoms with E-state index >= 15 is 0 Å². The van der Waals surface area contributed by atoms with E-state index in [4.69, 9.17) is 21.1 Å². The number of halogens is 1. The summed E-state index contributed by atoms with van der Waals surface area (Å²) in [7, 11) is 1.59. The minimum atomic E-state index is -1.41. The minimum absolute atomic E-state index is 0.196. The molecule has 0 spiro atoms. The standard InChI is InChI=1S/C23H28ClNO5/c1-22-18(12-13-24)20(27)25(14-15-8-10-17(29-2)11-9-15)23(22,21(28)30-22)19(26)16-6-4-3-5-7-16/h4,6,8-11,16,18-19,26H,3,5,7,12-14H2,1-2H3/t16-,18+,19+,22+,23+/m1/s1. The van der Waals surface area contributed by atoms with Crippen LogP contribution in [-0.4, -0.2) is 52.1 Å². The summed E-state index contributed by atoms with van der Waals surface area (Å²) in [6.07, 6.45) is 6.03. The number of hydrogen-bond acceptors (Lipinski definition) is 5. The van der Waals surface area contributed by atoms with Crippen molar-refractivity contribution < 1.29 is 24.2 Å². The number of ether oxygens (including phenoxy) is 2. The predicted octanol–water partition coefficient (Wildman–Crippen LogP) is 3.05. The van der Waals surface area contributed by atoms with Crippen LogP contribution in [0.2, 0.25) is 0 Å². The number of aliphatic hydroxyl groups excluding tert-OH is 1. The van der Waals surface area contributed by atoms with E-state index in [1.165, 1.54) is 0 Å². The third-order valence-corrected chi connectivity index (χ3v) is 7.27. The molecule has 2 fully saturated rings. The average molecular weight is 434 g/mol. The second-order valence-corrected chi connectivity index (χ2v) is 8.91. The number of carbonyl (C=O) groups is 2. The number of benzene rings is 1. The number of allylic oxidation sites excluding steroid dienone is 1. The fourth-order valence-corrected chi connectivity index (χ4v) is 5.64. The van der Waals surface area contributed by atoms with Crippen molar-refractivity contribution in [2.75, 3.05) is 13.0 Å². The highest BCUT2D eigenvalue weighted by Gasteiger charge is 2.82. The number of aliphatic hydroxyl groups is 1. The van der Waals surface area contributed by atoms with Crippen LogP contribution in [0.15, 0.2) is 36.4 Å². The van der Waals surface area contributed by atoms with Crippen LogP contribution in [0.25, 0.3) is 0 Å². The SMILES string of the molecule is COc1ccc(CN2C(=O)[C@H](CCCl)[C@]3(C)OC(=O)[C@]23[C@@H](O)[C@@H]2C=CCCC2)cc1. The number of carbonyl (C=O) groups excluding carboxylic acids is 2. The number of nitrogens with zero attached hydrogens (tertiary/aromatic N) is 1. The predicted molar refractivity (Wildman–Crippen MR) is 112 cm³/mol. The number of likely N-dealkylation sites (tertiary alicyclic amines) is 1. The molecule has 6 nitrogen and oxygen atoms in total. The third-order valence-electron chi connectivity index (χ3n) is 7.05. The second-order valence-electron chi connectivity index (χ2n) is 8.53. The number of fused-ring (bicyclic) bond motifs is 1. The lowest BCUT2D eigenvalue weighted by Gasteiger charge is -2.57. The molecule has 2 heterocycles. The van der Waals surface area contributed by atoms with Crippen molar-refractivity contribution in [2.24, 2.45) is 11.8 Å². The topological polar surface area (TPSA) is 76.1 Å². The van der Waals surface area contributed by atoms with Gasteiger partial charge in [-0.2, -0.15) is 0 Å². The molecule has 3 aliphatic rings. The maximum absolute atomic E-state index is 13.5. The fourth-order valence-electron chi connectivity index (χ4n) is 5.43. The Morgan fingerprint density at radius 3 is 2.63 bits per heavy atom. The van der Waals surface area contributed by atoms with Gasteiger partial charge >= 0.3 is 5.97 Å². The molecular formula is C23H28ClNO5. The van der Waals surface area contributed by atoms with E-state index in [2.05, 4.69) is 0 Å². The van der Waals surface area contributed by atoms with Gasteiger partial charge in [-0.25, -0.2) is 4.79 Å². The van der Waals surface area contributed by atoms with Gasteiger partial charge in [0, 0.05) is 18.3 Å². The van der Waals surface area contributed by atoms with Crippen molar-refractivity contribution >= 4 is 23.5 Å². The van der Waals surface area contributed by atoms with Crippen molar-refractivity contribution in [3.05, 3.63) is 42.0 Å². The Hall–Kier alpha value is -2.05. The zero-order valence-corrected chi connectivity index (χ0v) is 18.1. The normalized spacial score (nSPS) is 33.7. The number of esters is 1. The van der Waals surface area contributed by atoms with E-state index in [1.54, 1.807) is 18.9 Å². The van der Waals surface area contributed by atoms with Crippen LogP contribution in [0.3, 0.4) is 0 Å². The zero-order chi connectivity index (χ0) is 21.5. The van der Waals surface area contributed by atoms with Crippen molar-refractivity contribution in [2.45, 2.75) is 56.4 Å². The van der Waals surface area contributed by atoms with Crippen LogP contribution in [0, 0.1) is 11.8 Å². The molecule has 2 saturated heterocycles. The van der Waals surface area contributed by atoms with Gasteiger partial charge in [-0.05, 0) is 50.3 Å². The summed E-state index contributed by atoms with van der Waals surface area (Å²) in [5.41, 5.74) is -1.66. The van der Waals surface area contributed by atoms with Crippen molar-refractivity contribution in [3.8, 4) is 5.75 Å². The van der Waals surface area contributed by atoms with Crippen LogP contribution in [-0.2, 0) is 20.9 Å². The summed E-state index contributed by atoms with van der Waals surface area (Å²) >= 11 is 6.00. The molecule has 7 heteroatoms. The highest BCUT2D eigenvalue weighted by molar-refractivity contribution is 6.18. The molecule has 0 saturated carbocycles. The number of amides is 1. The summed E-state index contributed by atoms with van der Waals surface area (Å²) in [4.78, 5) is 28.1. The Morgan fingerprint density at radius 1 is 1.33 bits per heavy atom. The Balaban J connectivity index is 1.76. The van der Waals surface area contributed by atoms with Gasteiger partial charge in [0.05, 0.1) is 19.1 Å². The first-order valence-electron chi connectivity index (χ1n) is 10.5. The Labute approximate surface area is 181 Å². The summed E-state index contributed by atoms with van der Waals surface area (Å²) in [6.45, 7) is 1.98. The molecule has 0 aromatic heterocycles. The monoisotopic (exact) mass is 433 g/mol. The summed E-state index contributed by atoms with van der Waals surface area (Å²) in [6, 6.07) is 7.36. The number of methoxy groups -OCH3 is 1. The van der Waals surface area contributed by atoms with Gasteiger partial charge < -0.3 is 19.5 Å². The van der Waals surface area contributed by atoms with Gasteiger partial charge in [-0.15, -0.1) is 11.6 Å². The molecule has 2 aliphatic heterocycles. The van der Waals surface area contributed by atoms with Gasteiger partial charge in [0.1, 0.15) is 5.75 Å². The van der Waals surface area contributed by atoms with Gasteiger partial charge in [-0.3, -0.25) is 4.79 Å². The molecular weight excluding hydrogens is 406 g/mol. The maximum atomic E-state index is 13.5. The summed E-state index contributed by atoms with van der Waals surface area (Å²) in [5, 5.41) is 11.5. The minimum Gasteiger partial charge on any atom is -0.497 e. The molecule has 162 valence electrons. The second kappa shape index (κ2) is 7.89. The Morgan fingerprint density at radius 2 is 2.07 bits per heavy atom. The van der Waals surface area contributed by atoms with Crippen molar-refractivity contribution in [3.63, 3.8) is 0 Å². The molecule has 1 aromatic rings. The fraction of sp³-hybridized carbons (Fsp3) is 0.565. The van der Waals surface area contributed by atoms with Crippen LogP contribution in [0.4, 0.5) is 0 Å². The zero-order valence-electron chi connectivity index (χ0n) is 17.3. The maximum Gasteiger partial charge on any atom is 0.339 e. The van der Waals surface area contributed by atoms with Gasteiger partial charge in [0.2, 0.25) is 11.4 Å². The largest absolute Gasteiger partial charge is 0.497 e. The molecule has 0 bridgehead atoms. The molecule has 1 N–H and O–H groups in total. The first-order valence-corrected chi connectivity index (χ1v) is 11.0. The summed E-state index contributed by atoms with van der Waals surface area (Å²) < 4.78 is 10.9. The molecule has 0 radical (unpaired) electrons. The van der Waals surface area contributed by atoms with Gasteiger partial charge in [0.15, 0.2) is 5.60 Å². The molecule has 1 aromatic carbocycles. The van der Waals surface area contributed by atoms with Crippen LogP contribution in [0.1, 0.15) is 38.2 Å². The van der Waals surface area contributed by atoms with E-state index < -0.39 is 29.1 Å². The van der Waals surface area contributed by atoms with E-state index in [0.29, 0.717) is 12.2 Å². The van der Waals surface area contributed by atoms with Gasteiger partial charge in [-0.1, -0.05) is 24.3 Å². The lowest BCUT2D eigenvalue weighted by molar-refractivity contribution is -0.256. The highest BCUT2D eigenvalue weighted by Crippen LogP contribution is 2.58. The molecule has 1 amide bonds. The lowest BCUT2D eigenvalue weighted by atomic mass is 9.64. The first kappa shape index (κ1) is 21.2. The van der Waals surface area contributed by atoms with E-state index in [-0.39, 0.29) is 24.2 Å². The highest BCUT2D eigenvalue weighted by atomic mass is 35.5. The van der Waals surface area contributed by atoms with Crippen molar-refractivity contribution in [1.82, 2.24) is 4.90 Å². The van der Waals surface area contributed by atoms with Crippen LogP contribution >= 0.6 is 11.6 Å². The van der Waals surface area contributed by atoms with Crippen molar-refractivity contribution in [1.29, 1.82) is 0 Å².